The van der Waals surface area contributed by atoms with Gasteiger partial charge >= 0.3 is 0 Å². The summed E-state index contributed by atoms with van der Waals surface area (Å²) >= 11 is 0. The largest absolute Gasteiger partial charge is 0.338 e. The third-order valence-electron chi connectivity index (χ3n) is 3.56. The second kappa shape index (κ2) is 4.79. The van der Waals surface area contributed by atoms with Crippen molar-refractivity contribution in [2.45, 2.75) is 31.7 Å². The fraction of sp³-hybridized carbons (Fsp3) is 0.750. The molecule has 2 aliphatic heterocycles. The monoisotopic (exact) mass is 208 g/mol. The molecular formula is C12H20N2O. The first-order valence-electron chi connectivity index (χ1n) is 5.96. The maximum Gasteiger partial charge on any atom is 0.246 e. The van der Waals surface area contributed by atoms with Gasteiger partial charge in [0.15, 0.2) is 0 Å². The average molecular weight is 208 g/mol. The molecule has 2 rings (SSSR count). The Labute approximate surface area is 91.7 Å². The number of hydrogen-bond acceptors (Lipinski definition) is 2. The fourth-order valence-corrected chi connectivity index (χ4v) is 2.65. The minimum Gasteiger partial charge on any atom is -0.338 e. The first-order chi connectivity index (χ1) is 7.31. The number of likely N-dealkylation sites (tertiary alicyclic amines) is 2. The average Bonchev–Trinajstić information content (AvgIpc) is 2.78. The third kappa shape index (κ3) is 2.40. The van der Waals surface area contributed by atoms with Gasteiger partial charge in [0.2, 0.25) is 5.91 Å². The van der Waals surface area contributed by atoms with E-state index in [0.717, 1.165) is 19.5 Å². The van der Waals surface area contributed by atoms with Crippen LogP contribution in [0.3, 0.4) is 0 Å². The minimum absolute atomic E-state index is 0.0921. The Bertz CT molecular complexity index is 246. The molecule has 3 nitrogen and oxygen atoms in total. The van der Waals surface area contributed by atoms with Gasteiger partial charge in [-0.3, -0.25) is 9.69 Å². The number of carbonyl (C=O) groups excluding carboxylic acids is 1. The van der Waals surface area contributed by atoms with Crippen molar-refractivity contribution in [3.63, 3.8) is 0 Å². The zero-order valence-electron chi connectivity index (χ0n) is 9.32. The van der Waals surface area contributed by atoms with E-state index in [4.69, 9.17) is 0 Å². The molecule has 1 amide bonds. The summed E-state index contributed by atoms with van der Waals surface area (Å²) in [6.45, 7) is 7.80. The highest BCUT2D eigenvalue weighted by Gasteiger charge is 2.29. The first-order valence-corrected chi connectivity index (χ1v) is 5.96. The van der Waals surface area contributed by atoms with Crippen LogP contribution < -0.4 is 0 Å². The molecule has 2 saturated heterocycles. The van der Waals surface area contributed by atoms with Crippen molar-refractivity contribution in [1.29, 1.82) is 0 Å². The topological polar surface area (TPSA) is 23.6 Å². The highest BCUT2D eigenvalue weighted by molar-refractivity contribution is 5.87. The van der Waals surface area contributed by atoms with Crippen LogP contribution in [-0.4, -0.2) is 47.9 Å². The summed E-state index contributed by atoms with van der Waals surface area (Å²) in [6.07, 6.45) is 6.59. The molecule has 0 aromatic carbocycles. The number of nitrogens with zero attached hydrogens (tertiary/aromatic N) is 2. The summed E-state index contributed by atoms with van der Waals surface area (Å²) in [5, 5.41) is 0. The number of amides is 1. The standard InChI is InChI=1S/C12H20N2O/c1-2-12(15)14-9-6-11(10-14)13-7-4-3-5-8-13/h2,11H,1,3-10H2. The van der Waals surface area contributed by atoms with Crippen LogP contribution >= 0.6 is 0 Å². The summed E-state index contributed by atoms with van der Waals surface area (Å²) in [4.78, 5) is 15.9. The fourth-order valence-electron chi connectivity index (χ4n) is 2.65. The van der Waals surface area contributed by atoms with E-state index >= 15 is 0 Å². The number of rotatable bonds is 2. The summed E-state index contributed by atoms with van der Waals surface area (Å²) in [5.74, 6) is 0.0921. The van der Waals surface area contributed by atoms with E-state index in [1.807, 2.05) is 4.90 Å². The molecule has 1 atom stereocenters. The molecular weight excluding hydrogens is 188 g/mol. The molecule has 0 bridgehead atoms. The molecule has 3 heteroatoms. The van der Waals surface area contributed by atoms with Gasteiger partial charge in [0.1, 0.15) is 0 Å². The lowest BCUT2D eigenvalue weighted by Crippen LogP contribution is -2.41. The van der Waals surface area contributed by atoms with Crippen molar-refractivity contribution in [2.75, 3.05) is 26.2 Å². The Kier molecular flexibility index (Phi) is 3.41. The van der Waals surface area contributed by atoms with Crippen LogP contribution in [0.2, 0.25) is 0 Å². The van der Waals surface area contributed by atoms with Gasteiger partial charge in [-0.05, 0) is 38.4 Å². The van der Waals surface area contributed by atoms with Crippen LogP contribution in [0.5, 0.6) is 0 Å². The van der Waals surface area contributed by atoms with Crippen LogP contribution in [0.15, 0.2) is 12.7 Å². The van der Waals surface area contributed by atoms with Gasteiger partial charge in [0.05, 0.1) is 0 Å². The van der Waals surface area contributed by atoms with E-state index in [2.05, 4.69) is 11.5 Å². The van der Waals surface area contributed by atoms with Crippen LogP contribution in [0.1, 0.15) is 25.7 Å². The quantitative estimate of drug-likeness (QED) is 0.638. The second-order valence-electron chi connectivity index (χ2n) is 4.53. The molecule has 2 heterocycles. The molecule has 2 fully saturated rings. The summed E-state index contributed by atoms with van der Waals surface area (Å²) in [5.41, 5.74) is 0. The maximum absolute atomic E-state index is 11.4. The van der Waals surface area contributed by atoms with Gasteiger partial charge in [0, 0.05) is 19.1 Å². The van der Waals surface area contributed by atoms with Crippen molar-refractivity contribution < 1.29 is 4.79 Å². The third-order valence-corrected chi connectivity index (χ3v) is 3.56. The predicted molar refractivity (Wildman–Crippen MR) is 60.6 cm³/mol. The number of carbonyl (C=O) groups is 1. The highest BCUT2D eigenvalue weighted by atomic mass is 16.2. The van der Waals surface area contributed by atoms with Crippen molar-refractivity contribution in [1.82, 2.24) is 9.80 Å². The number of piperidine rings is 1. The van der Waals surface area contributed by atoms with E-state index in [9.17, 15) is 4.79 Å². The zero-order chi connectivity index (χ0) is 10.7. The summed E-state index contributed by atoms with van der Waals surface area (Å²) in [6, 6.07) is 0.606. The lowest BCUT2D eigenvalue weighted by atomic mass is 10.1. The van der Waals surface area contributed by atoms with Crippen LogP contribution in [0.4, 0.5) is 0 Å². The van der Waals surface area contributed by atoms with Crippen molar-refractivity contribution in [2.24, 2.45) is 0 Å². The zero-order valence-corrected chi connectivity index (χ0v) is 9.32. The van der Waals surface area contributed by atoms with E-state index in [1.54, 1.807) is 0 Å². The summed E-state index contributed by atoms with van der Waals surface area (Å²) in [7, 11) is 0. The number of hydrogen-bond donors (Lipinski definition) is 0. The lowest BCUT2D eigenvalue weighted by Gasteiger charge is -2.32. The molecule has 2 aliphatic rings. The second-order valence-corrected chi connectivity index (χ2v) is 4.53. The van der Waals surface area contributed by atoms with Gasteiger partial charge < -0.3 is 4.90 Å². The highest BCUT2D eigenvalue weighted by Crippen LogP contribution is 2.20. The molecule has 1 unspecified atom stereocenters. The Morgan fingerprint density at radius 2 is 1.93 bits per heavy atom. The van der Waals surface area contributed by atoms with E-state index in [0.29, 0.717) is 6.04 Å². The van der Waals surface area contributed by atoms with E-state index < -0.39 is 0 Å². The first kappa shape index (κ1) is 10.7. The van der Waals surface area contributed by atoms with Crippen LogP contribution in [0.25, 0.3) is 0 Å². The Balaban J connectivity index is 1.85. The van der Waals surface area contributed by atoms with Gasteiger partial charge in [-0.1, -0.05) is 13.0 Å². The maximum atomic E-state index is 11.4. The lowest BCUT2D eigenvalue weighted by molar-refractivity contribution is -0.125. The Hall–Kier alpha value is -0.830. The Morgan fingerprint density at radius 1 is 1.20 bits per heavy atom. The predicted octanol–water partition coefficient (Wildman–Crippen LogP) is 1.26. The van der Waals surface area contributed by atoms with Gasteiger partial charge in [-0.15, -0.1) is 0 Å². The molecule has 0 saturated carbocycles. The van der Waals surface area contributed by atoms with Crippen LogP contribution in [-0.2, 0) is 4.79 Å². The normalized spacial score (nSPS) is 28.0. The molecule has 84 valence electrons. The van der Waals surface area contributed by atoms with E-state index in [-0.39, 0.29) is 5.91 Å². The van der Waals surface area contributed by atoms with Gasteiger partial charge in [-0.25, -0.2) is 0 Å². The molecule has 0 aromatic heterocycles. The van der Waals surface area contributed by atoms with Crippen LogP contribution in [0, 0.1) is 0 Å². The minimum atomic E-state index is 0.0921. The van der Waals surface area contributed by atoms with Gasteiger partial charge in [-0.2, -0.15) is 0 Å². The SMILES string of the molecule is C=CC(=O)N1CCC(N2CCCCC2)C1. The van der Waals surface area contributed by atoms with Crippen molar-refractivity contribution >= 4 is 5.91 Å². The smallest absolute Gasteiger partial charge is 0.246 e. The summed E-state index contributed by atoms with van der Waals surface area (Å²) < 4.78 is 0. The molecule has 0 spiro atoms. The molecule has 0 N–H and O–H groups in total. The molecule has 0 aliphatic carbocycles. The Morgan fingerprint density at radius 3 is 2.60 bits per heavy atom. The van der Waals surface area contributed by atoms with Gasteiger partial charge in [0.25, 0.3) is 0 Å². The van der Waals surface area contributed by atoms with E-state index in [1.165, 1.54) is 38.4 Å². The van der Waals surface area contributed by atoms with Crippen molar-refractivity contribution in [3.05, 3.63) is 12.7 Å². The molecule has 15 heavy (non-hydrogen) atoms. The molecule has 0 aromatic rings. The van der Waals surface area contributed by atoms with Crippen molar-refractivity contribution in [3.8, 4) is 0 Å². The molecule has 0 radical (unpaired) electrons.